The molecule has 0 saturated carbocycles. The van der Waals surface area contributed by atoms with E-state index in [2.05, 4.69) is 25.2 Å². The van der Waals surface area contributed by atoms with Crippen LogP contribution in [0.25, 0.3) is 0 Å². The number of carboxylic acid groups (broad SMARTS) is 1. The summed E-state index contributed by atoms with van der Waals surface area (Å²) in [4.78, 5) is 24.2. The van der Waals surface area contributed by atoms with Gasteiger partial charge in [-0.1, -0.05) is 66.4 Å². The van der Waals surface area contributed by atoms with Gasteiger partial charge in [0.2, 0.25) is 0 Å². The number of carbonyl (C=O) groups is 1. The minimum absolute atomic E-state index is 0.193. The number of hydrazone groups is 1. The van der Waals surface area contributed by atoms with E-state index in [1.807, 2.05) is 32.0 Å². The number of benzene rings is 4. The van der Waals surface area contributed by atoms with Gasteiger partial charge < -0.3 is 15.6 Å². The molecule has 0 radical (unpaired) electrons. The average Bonchev–Trinajstić information content (AvgIpc) is 3.02. The van der Waals surface area contributed by atoms with Crippen LogP contribution >= 0.6 is 11.8 Å². The SMILES string of the molecule is Cc1cccc(C)c1N=C(N/N=C/c1ccc(C(N)=NC=Nc2ccc(OC(F)(F)F)cc2)cc1)SCc1ccc(C(=O)O)cc1. The molecule has 0 spiro atoms. The summed E-state index contributed by atoms with van der Waals surface area (Å²) in [6.07, 6.45) is -1.92. The number of aliphatic imine (C=N–C) groups is 3. The Morgan fingerprint density at radius 2 is 1.57 bits per heavy atom. The van der Waals surface area contributed by atoms with Gasteiger partial charge in [0.1, 0.15) is 17.9 Å². The van der Waals surface area contributed by atoms with Crippen LogP contribution in [0.1, 0.15) is 38.2 Å². The van der Waals surface area contributed by atoms with Crippen molar-refractivity contribution in [1.82, 2.24) is 5.43 Å². The molecule has 0 aliphatic rings. The van der Waals surface area contributed by atoms with E-state index in [0.29, 0.717) is 22.2 Å². The molecule has 0 saturated heterocycles. The monoisotopic (exact) mass is 646 g/mol. The maximum absolute atomic E-state index is 12.3. The van der Waals surface area contributed by atoms with Crippen molar-refractivity contribution in [2.75, 3.05) is 0 Å². The lowest BCUT2D eigenvalue weighted by Crippen LogP contribution is -2.16. The molecule has 0 aromatic heterocycles. The Kier molecular flexibility index (Phi) is 11.3. The minimum Gasteiger partial charge on any atom is -0.478 e. The number of aromatic carboxylic acids is 1. The summed E-state index contributed by atoms with van der Waals surface area (Å²) in [7, 11) is 0. The van der Waals surface area contributed by atoms with Crippen LogP contribution in [-0.4, -0.2) is 41.0 Å². The number of thioether (sulfide) groups is 1. The lowest BCUT2D eigenvalue weighted by atomic mass is 10.1. The number of nitrogens with one attached hydrogen (secondary N) is 1. The lowest BCUT2D eigenvalue weighted by Gasteiger charge is -2.09. The van der Waals surface area contributed by atoms with Crippen LogP contribution in [0, 0.1) is 13.8 Å². The maximum Gasteiger partial charge on any atom is 0.573 e. The molecule has 0 bridgehead atoms. The van der Waals surface area contributed by atoms with Gasteiger partial charge in [0.15, 0.2) is 5.17 Å². The number of ether oxygens (including phenoxy) is 1. The molecule has 4 aromatic carbocycles. The molecule has 4 N–H and O–H groups in total. The predicted octanol–water partition coefficient (Wildman–Crippen LogP) is 7.51. The molecule has 13 heteroatoms. The van der Waals surface area contributed by atoms with Crippen LogP contribution in [-0.2, 0) is 5.75 Å². The standard InChI is InChI=1S/C33H29F3N6O3S/c1-21-4-3-5-22(2)29(21)41-32(46-19-24-8-12-26(13-9-24)31(43)44)42-40-18-23-6-10-25(11-7-23)30(37)39-20-38-27-14-16-28(17-15-27)45-33(34,35)36/h3-18,20H,19H2,1-2H3,(H,41,42)(H,43,44)(H2,37,38,39)/b40-18+. The average molecular weight is 647 g/mol. The molecule has 0 fully saturated rings. The molecule has 0 heterocycles. The number of alkyl halides is 3. The van der Waals surface area contributed by atoms with Crippen molar-refractivity contribution in [3.8, 4) is 5.75 Å². The highest BCUT2D eigenvalue weighted by atomic mass is 32.2. The second kappa shape index (κ2) is 15.5. The molecule has 4 aromatic rings. The summed E-state index contributed by atoms with van der Waals surface area (Å²) in [6.45, 7) is 3.97. The molecule has 46 heavy (non-hydrogen) atoms. The van der Waals surface area contributed by atoms with Gasteiger partial charge in [0, 0.05) is 11.3 Å². The molecular weight excluding hydrogens is 617 g/mol. The number of amidine groups is 2. The highest BCUT2D eigenvalue weighted by Crippen LogP contribution is 2.26. The van der Waals surface area contributed by atoms with E-state index in [0.717, 1.165) is 40.1 Å². The Balaban J connectivity index is 1.40. The number of hydrogen-bond acceptors (Lipinski definition) is 6. The van der Waals surface area contributed by atoms with Crippen LogP contribution in [0.4, 0.5) is 24.5 Å². The summed E-state index contributed by atoms with van der Waals surface area (Å²) >= 11 is 1.43. The summed E-state index contributed by atoms with van der Waals surface area (Å²) in [5, 5.41) is 14.1. The zero-order valence-corrected chi connectivity index (χ0v) is 25.5. The number of carboxylic acids is 1. The molecule has 4 rings (SSSR count). The fourth-order valence-electron chi connectivity index (χ4n) is 3.94. The first-order chi connectivity index (χ1) is 22.0. The van der Waals surface area contributed by atoms with Gasteiger partial charge in [-0.2, -0.15) is 5.10 Å². The van der Waals surface area contributed by atoms with Crippen molar-refractivity contribution < 1.29 is 27.8 Å². The van der Waals surface area contributed by atoms with Crippen molar-refractivity contribution in [3.05, 3.63) is 124 Å². The molecule has 0 atom stereocenters. The number of nitrogens with zero attached hydrogens (tertiary/aromatic N) is 4. The van der Waals surface area contributed by atoms with Gasteiger partial charge in [-0.15, -0.1) is 13.2 Å². The van der Waals surface area contributed by atoms with E-state index in [1.54, 1.807) is 54.7 Å². The summed E-state index contributed by atoms with van der Waals surface area (Å²) in [5.41, 5.74) is 14.9. The second-order valence-electron chi connectivity index (χ2n) is 9.74. The number of para-hydroxylation sites is 1. The molecule has 0 amide bonds. The van der Waals surface area contributed by atoms with Gasteiger partial charge in [0.25, 0.3) is 0 Å². The van der Waals surface area contributed by atoms with E-state index >= 15 is 0 Å². The molecule has 0 aliphatic heterocycles. The number of halogens is 3. The third-order valence-corrected chi connectivity index (χ3v) is 7.22. The van der Waals surface area contributed by atoms with Gasteiger partial charge >= 0.3 is 12.3 Å². The number of aryl methyl sites for hydroxylation is 2. The minimum atomic E-state index is -4.76. The third-order valence-electron chi connectivity index (χ3n) is 6.28. The first kappa shape index (κ1) is 33.5. The Bertz CT molecular complexity index is 1750. The van der Waals surface area contributed by atoms with Crippen molar-refractivity contribution in [3.63, 3.8) is 0 Å². The van der Waals surface area contributed by atoms with Crippen molar-refractivity contribution >= 4 is 52.7 Å². The molecule has 9 nitrogen and oxygen atoms in total. The smallest absolute Gasteiger partial charge is 0.478 e. The highest BCUT2D eigenvalue weighted by molar-refractivity contribution is 8.13. The predicted molar refractivity (Wildman–Crippen MR) is 177 cm³/mol. The maximum atomic E-state index is 12.3. The summed E-state index contributed by atoms with van der Waals surface area (Å²) in [6, 6.07) is 24.8. The number of nitrogens with two attached hydrogens (primary N) is 1. The Hall–Kier alpha value is -5.43. The Labute approximate surface area is 267 Å². The van der Waals surface area contributed by atoms with Gasteiger partial charge in [-0.3, -0.25) is 5.43 Å². The van der Waals surface area contributed by atoms with Gasteiger partial charge in [-0.25, -0.2) is 19.8 Å². The van der Waals surface area contributed by atoms with Crippen LogP contribution < -0.4 is 15.9 Å². The summed E-state index contributed by atoms with van der Waals surface area (Å²) in [5.74, 6) is -0.587. The lowest BCUT2D eigenvalue weighted by molar-refractivity contribution is -0.274. The van der Waals surface area contributed by atoms with Gasteiger partial charge in [0.05, 0.1) is 23.2 Å². The fraction of sp³-hybridized carbons (Fsp3) is 0.121. The number of rotatable bonds is 10. The van der Waals surface area contributed by atoms with E-state index < -0.39 is 12.3 Å². The van der Waals surface area contributed by atoms with Crippen LogP contribution in [0.3, 0.4) is 0 Å². The normalized spacial score (nSPS) is 12.5. The molecule has 0 unspecified atom stereocenters. The quantitative estimate of drug-likeness (QED) is 0.0928. The first-order valence-corrected chi connectivity index (χ1v) is 14.7. The van der Waals surface area contributed by atoms with Crippen LogP contribution in [0.2, 0.25) is 0 Å². The van der Waals surface area contributed by atoms with Crippen molar-refractivity contribution in [1.29, 1.82) is 0 Å². The van der Waals surface area contributed by atoms with Crippen molar-refractivity contribution in [2.45, 2.75) is 26.0 Å². The van der Waals surface area contributed by atoms with Crippen LogP contribution in [0.15, 0.2) is 111 Å². The van der Waals surface area contributed by atoms with Crippen LogP contribution in [0.5, 0.6) is 5.75 Å². The van der Waals surface area contributed by atoms with E-state index in [9.17, 15) is 18.0 Å². The Morgan fingerprint density at radius 1 is 0.935 bits per heavy atom. The fourth-order valence-corrected chi connectivity index (χ4v) is 4.71. The van der Waals surface area contributed by atoms with E-state index in [1.165, 1.54) is 30.2 Å². The second-order valence-corrected chi connectivity index (χ2v) is 10.7. The number of hydrogen-bond donors (Lipinski definition) is 3. The first-order valence-electron chi connectivity index (χ1n) is 13.7. The van der Waals surface area contributed by atoms with E-state index in [-0.39, 0.29) is 17.1 Å². The zero-order chi connectivity index (χ0) is 33.1. The van der Waals surface area contributed by atoms with Gasteiger partial charge in [-0.05, 0) is 72.5 Å². The molecular formula is C33H29F3N6O3S. The Morgan fingerprint density at radius 3 is 2.17 bits per heavy atom. The van der Waals surface area contributed by atoms with E-state index in [4.69, 9.17) is 15.8 Å². The topological polar surface area (TPSA) is 134 Å². The highest BCUT2D eigenvalue weighted by Gasteiger charge is 2.30. The summed E-state index contributed by atoms with van der Waals surface area (Å²) < 4.78 is 40.8. The largest absolute Gasteiger partial charge is 0.573 e. The van der Waals surface area contributed by atoms with Crippen molar-refractivity contribution in [2.24, 2.45) is 25.8 Å². The molecule has 0 aliphatic carbocycles. The molecule has 236 valence electrons. The zero-order valence-electron chi connectivity index (χ0n) is 24.7. The third kappa shape index (κ3) is 10.3.